The van der Waals surface area contributed by atoms with Crippen molar-refractivity contribution in [2.24, 2.45) is 11.5 Å². The zero-order valence-electron chi connectivity index (χ0n) is 9.09. The van der Waals surface area contributed by atoms with Gasteiger partial charge in [-0.1, -0.05) is 18.2 Å². The van der Waals surface area contributed by atoms with Crippen molar-refractivity contribution in [3.05, 3.63) is 34.9 Å². The Morgan fingerprint density at radius 1 is 1.29 bits per heavy atom. The predicted molar refractivity (Wildman–Crippen MR) is 61.1 cm³/mol. The topological polar surface area (TPSA) is 52.0 Å². The zero-order valence-corrected chi connectivity index (χ0v) is 9.09. The van der Waals surface area contributed by atoms with Crippen molar-refractivity contribution < 1.29 is 0 Å². The van der Waals surface area contributed by atoms with E-state index in [2.05, 4.69) is 32.0 Å². The molecule has 2 heteroatoms. The molecule has 4 N–H and O–H groups in total. The fourth-order valence-electron chi connectivity index (χ4n) is 1.67. The Morgan fingerprint density at radius 3 is 2.64 bits per heavy atom. The zero-order chi connectivity index (χ0) is 10.6. The van der Waals surface area contributed by atoms with Crippen LogP contribution in [0.25, 0.3) is 0 Å². The van der Waals surface area contributed by atoms with Gasteiger partial charge in [0.05, 0.1) is 0 Å². The molecular weight excluding hydrogens is 172 g/mol. The monoisotopic (exact) mass is 192 g/mol. The van der Waals surface area contributed by atoms with Gasteiger partial charge in [0.2, 0.25) is 0 Å². The highest BCUT2D eigenvalue weighted by atomic mass is 14.6. The average molecular weight is 192 g/mol. The van der Waals surface area contributed by atoms with Crippen LogP contribution in [-0.4, -0.2) is 6.54 Å². The van der Waals surface area contributed by atoms with Gasteiger partial charge in [0.15, 0.2) is 0 Å². The number of hydrogen-bond donors (Lipinski definition) is 2. The molecule has 0 heterocycles. The van der Waals surface area contributed by atoms with Crippen LogP contribution in [0.4, 0.5) is 0 Å². The quantitative estimate of drug-likeness (QED) is 0.767. The minimum atomic E-state index is 0.137. The third-order valence-corrected chi connectivity index (χ3v) is 2.77. The highest BCUT2D eigenvalue weighted by molar-refractivity contribution is 5.35. The lowest BCUT2D eigenvalue weighted by molar-refractivity contribution is 0.615. The van der Waals surface area contributed by atoms with Crippen LogP contribution in [-0.2, 0) is 0 Å². The van der Waals surface area contributed by atoms with Crippen molar-refractivity contribution in [2.75, 3.05) is 6.54 Å². The molecular formula is C12H20N2. The average Bonchev–Trinajstić information content (AvgIpc) is 2.18. The molecule has 0 radical (unpaired) electrons. The molecule has 1 rings (SSSR count). The summed E-state index contributed by atoms with van der Waals surface area (Å²) in [5, 5.41) is 0. The second-order valence-corrected chi connectivity index (χ2v) is 3.83. The summed E-state index contributed by atoms with van der Waals surface area (Å²) in [6, 6.07) is 6.44. The number of aryl methyl sites for hydroxylation is 1. The summed E-state index contributed by atoms with van der Waals surface area (Å²) in [6.07, 6.45) is 1.97. The van der Waals surface area contributed by atoms with Gasteiger partial charge in [-0.15, -0.1) is 0 Å². The summed E-state index contributed by atoms with van der Waals surface area (Å²) in [5.74, 6) is 0. The van der Waals surface area contributed by atoms with Crippen molar-refractivity contribution in [2.45, 2.75) is 32.7 Å². The van der Waals surface area contributed by atoms with Crippen LogP contribution in [0.15, 0.2) is 18.2 Å². The normalized spacial score (nSPS) is 12.9. The first-order valence-electron chi connectivity index (χ1n) is 5.18. The van der Waals surface area contributed by atoms with Gasteiger partial charge in [-0.25, -0.2) is 0 Å². The van der Waals surface area contributed by atoms with Gasteiger partial charge in [-0.2, -0.15) is 0 Å². The fraction of sp³-hybridized carbons (Fsp3) is 0.500. The first-order valence-corrected chi connectivity index (χ1v) is 5.18. The Hall–Kier alpha value is -0.860. The summed E-state index contributed by atoms with van der Waals surface area (Å²) in [5.41, 5.74) is 15.5. The lowest BCUT2D eigenvalue weighted by atomic mass is 9.95. The standard InChI is InChI=1S/C12H20N2/c1-9-5-3-6-11(10(9)2)12(14)7-4-8-13/h3,5-6,12H,4,7-8,13-14H2,1-2H3/t12-/m0/s1. The maximum absolute atomic E-state index is 6.10. The number of nitrogens with two attached hydrogens (primary N) is 2. The molecule has 0 aliphatic heterocycles. The largest absolute Gasteiger partial charge is 0.330 e. The summed E-state index contributed by atoms with van der Waals surface area (Å²) in [4.78, 5) is 0. The highest BCUT2D eigenvalue weighted by Crippen LogP contribution is 2.21. The van der Waals surface area contributed by atoms with Crippen LogP contribution < -0.4 is 11.5 Å². The van der Waals surface area contributed by atoms with Crippen LogP contribution in [0.5, 0.6) is 0 Å². The molecule has 0 saturated carbocycles. The van der Waals surface area contributed by atoms with E-state index in [-0.39, 0.29) is 6.04 Å². The minimum Gasteiger partial charge on any atom is -0.330 e. The molecule has 1 atom stereocenters. The smallest absolute Gasteiger partial charge is 0.0298 e. The summed E-state index contributed by atoms with van der Waals surface area (Å²) in [6.45, 7) is 4.97. The molecule has 0 saturated heterocycles. The van der Waals surface area contributed by atoms with E-state index in [1.807, 2.05) is 0 Å². The molecule has 0 unspecified atom stereocenters. The Kier molecular flexibility index (Phi) is 4.11. The van der Waals surface area contributed by atoms with E-state index < -0.39 is 0 Å². The third kappa shape index (κ3) is 2.56. The van der Waals surface area contributed by atoms with Gasteiger partial charge in [0, 0.05) is 6.04 Å². The number of hydrogen-bond acceptors (Lipinski definition) is 2. The Balaban J connectivity index is 2.79. The molecule has 1 aromatic carbocycles. The van der Waals surface area contributed by atoms with E-state index >= 15 is 0 Å². The van der Waals surface area contributed by atoms with Crippen molar-refractivity contribution in [3.8, 4) is 0 Å². The summed E-state index contributed by atoms with van der Waals surface area (Å²) >= 11 is 0. The number of benzene rings is 1. The van der Waals surface area contributed by atoms with Crippen LogP contribution in [0.1, 0.15) is 35.6 Å². The van der Waals surface area contributed by atoms with E-state index in [9.17, 15) is 0 Å². The van der Waals surface area contributed by atoms with Crippen molar-refractivity contribution >= 4 is 0 Å². The SMILES string of the molecule is Cc1cccc([C@@H](N)CCCN)c1C. The lowest BCUT2D eigenvalue weighted by Crippen LogP contribution is -2.14. The summed E-state index contributed by atoms with van der Waals surface area (Å²) < 4.78 is 0. The summed E-state index contributed by atoms with van der Waals surface area (Å²) in [7, 11) is 0. The molecule has 14 heavy (non-hydrogen) atoms. The Labute approximate surface area is 86.3 Å². The molecule has 1 aromatic rings. The molecule has 2 nitrogen and oxygen atoms in total. The van der Waals surface area contributed by atoms with Gasteiger partial charge in [0.1, 0.15) is 0 Å². The first-order chi connectivity index (χ1) is 6.66. The lowest BCUT2D eigenvalue weighted by Gasteiger charge is -2.15. The van der Waals surface area contributed by atoms with Crippen LogP contribution in [0, 0.1) is 13.8 Å². The van der Waals surface area contributed by atoms with Crippen LogP contribution in [0.2, 0.25) is 0 Å². The van der Waals surface area contributed by atoms with Crippen LogP contribution >= 0.6 is 0 Å². The molecule has 0 amide bonds. The van der Waals surface area contributed by atoms with E-state index in [0.29, 0.717) is 0 Å². The molecule has 0 aromatic heterocycles. The molecule has 0 bridgehead atoms. The molecule has 0 spiro atoms. The van der Waals surface area contributed by atoms with Gasteiger partial charge < -0.3 is 11.5 Å². The Morgan fingerprint density at radius 2 is 2.00 bits per heavy atom. The van der Waals surface area contributed by atoms with E-state index in [1.54, 1.807) is 0 Å². The van der Waals surface area contributed by atoms with E-state index in [1.165, 1.54) is 16.7 Å². The van der Waals surface area contributed by atoms with Crippen molar-refractivity contribution in [1.29, 1.82) is 0 Å². The number of rotatable bonds is 4. The van der Waals surface area contributed by atoms with E-state index in [0.717, 1.165) is 19.4 Å². The van der Waals surface area contributed by atoms with Gasteiger partial charge in [-0.3, -0.25) is 0 Å². The van der Waals surface area contributed by atoms with E-state index in [4.69, 9.17) is 11.5 Å². The van der Waals surface area contributed by atoms with Gasteiger partial charge in [-0.05, 0) is 49.9 Å². The second kappa shape index (κ2) is 5.13. The Bertz CT molecular complexity index is 294. The van der Waals surface area contributed by atoms with Crippen molar-refractivity contribution in [3.63, 3.8) is 0 Å². The predicted octanol–water partition coefficient (Wildman–Crippen LogP) is 2.04. The maximum Gasteiger partial charge on any atom is 0.0298 e. The molecule has 0 aliphatic carbocycles. The minimum absolute atomic E-state index is 0.137. The van der Waals surface area contributed by atoms with Gasteiger partial charge in [0.25, 0.3) is 0 Å². The fourth-order valence-corrected chi connectivity index (χ4v) is 1.67. The molecule has 78 valence electrons. The molecule has 0 fully saturated rings. The first kappa shape index (κ1) is 11.2. The van der Waals surface area contributed by atoms with Crippen LogP contribution in [0.3, 0.4) is 0 Å². The highest BCUT2D eigenvalue weighted by Gasteiger charge is 2.08. The maximum atomic E-state index is 6.10. The van der Waals surface area contributed by atoms with Gasteiger partial charge >= 0.3 is 0 Å². The molecule has 0 aliphatic rings. The van der Waals surface area contributed by atoms with Crippen molar-refractivity contribution in [1.82, 2.24) is 0 Å². The second-order valence-electron chi connectivity index (χ2n) is 3.83. The third-order valence-electron chi connectivity index (χ3n) is 2.77.